The van der Waals surface area contributed by atoms with E-state index in [1.165, 1.54) is 36.2 Å². The lowest BCUT2D eigenvalue weighted by Gasteiger charge is -2.26. The maximum atomic E-state index is 11.7. The van der Waals surface area contributed by atoms with E-state index in [0.717, 1.165) is 45.6 Å². The second-order valence-corrected chi connectivity index (χ2v) is 9.89. The molecule has 0 radical (unpaired) electrons. The number of nitrogens with zero attached hydrogens (tertiary/aromatic N) is 3. The first-order chi connectivity index (χ1) is 18.2. The Labute approximate surface area is 213 Å². The monoisotopic (exact) mass is 490 g/mol. The van der Waals surface area contributed by atoms with Crippen molar-refractivity contribution in [2.24, 2.45) is 0 Å². The molecular weight excluding hydrogens is 464 g/mol. The Balaban J connectivity index is 1.35. The Kier molecular flexibility index (Phi) is 5.09. The van der Waals surface area contributed by atoms with E-state index in [0.29, 0.717) is 18.3 Å². The lowest BCUT2D eigenvalue weighted by Crippen LogP contribution is -2.16. The van der Waals surface area contributed by atoms with Gasteiger partial charge in [-0.25, -0.2) is 9.78 Å². The summed E-state index contributed by atoms with van der Waals surface area (Å²) in [6, 6.07) is 23.0. The maximum Gasteiger partial charge on any atom is 0.439 e. The second-order valence-electron chi connectivity index (χ2n) is 9.89. The molecule has 1 saturated carbocycles. The molecule has 0 spiro atoms. The van der Waals surface area contributed by atoms with Crippen molar-refractivity contribution in [2.75, 3.05) is 0 Å². The molecule has 2 aromatic heterocycles. The topological polar surface area (TPSA) is 85.9 Å². The van der Waals surface area contributed by atoms with Gasteiger partial charge in [0.05, 0.1) is 11.0 Å². The lowest BCUT2D eigenvalue weighted by atomic mass is 9.84. The van der Waals surface area contributed by atoms with Crippen molar-refractivity contribution in [3.05, 3.63) is 111 Å². The van der Waals surface area contributed by atoms with E-state index >= 15 is 0 Å². The van der Waals surface area contributed by atoms with Crippen LogP contribution >= 0.6 is 0 Å². The number of para-hydroxylation sites is 3. The van der Waals surface area contributed by atoms with Crippen LogP contribution in [0.5, 0.6) is 5.75 Å². The van der Waals surface area contributed by atoms with Crippen molar-refractivity contribution in [3.63, 3.8) is 0 Å². The van der Waals surface area contributed by atoms with Crippen LogP contribution in [0.3, 0.4) is 0 Å². The van der Waals surface area contributed by atoms with Gasteiger partial charge in [0.15, 0.2) is 5.82 Å². The highest BCUT2D eigenvalue weighted by Gasteiger charge is 2.27. The minimum atomic E-state index is -0.571. The van der Waals surface area contributed by atoms with Gasteiger partial charge in [-0.15, -0.1) is 0 Å². The smallest absolute Gasteiger partial charge is 0.439 e. The van der Waals surface area contributed by atoms with Crippen LogP contribution in [0.25, 0.3) is 22.2 Å². The summed E-state index contributed by atoms with van der Waals surface area (Å²) in [6.07, 6.45) is 3.68. The first kappa shape index (κ1) is 21.9. The van der Waals surface area contributed by atoms with Gasteiger partial charge in [-0.1, -0.05) is 54.0 Å². The number of allylic oxidation sites excluding steroid dienone is 1. The third-order valence-electron chi connectivity index (χ3n) is 7.64. The van der Waals surface area contributed by atoms with E-state index in [1.54, 1.807) is 0 Å². The number of H-pyrrole nitrogens is 1. The van der Waals surface area contributed by atoms with Crippen LogP contribution in [0.4, 0.5) is 0 Å². The summed E-state index contributed by atoms with van der Waals surface area (Å²) in [6.45, 7) is 3.15. The number of hydrogen-bond donors (Lipinski definition) is 1. The summed E-state index contributed by atoms with van der Waals surface area (Å²) < 4.78 is 13.5. The van der Waals surface area contributed by atoms with E-state index in [-0.39, 0.29) is 0 Å². The third kappa shape index (κ3) is 3.69. The van der Waals surface area contributed by atoms with Gasteiger partial charge in [-0.2, -0.15) is 0 Å². The van der Waals surface area contributed by atoms with Crippen LogP contribution in [0.2, 0.25) is 0 Å². The normalized spacial score (nSPS) is 16.5. The Morgan fingerprint density at radius 3 is 2.70 bits per heavy atom. The predicted octanol–water partition coefficient (Wildman–Crippen LogP) is 5.90. The molecule has 1 aliphatic carbocycles. The van der Waals surface area contributed by atoms with Crippen molar-refractivity contribution in [1.82, 2.24) is 19.7 Å². The van der Waals surface area contributed by atoms with Crippen LogP contribution < -0.4 is 10.5 Å². The number of hydrogen-bond acceptors (Lipinski definition) is 5. The quantitative estimate of drug-likeness (QED) is 0.339. The van der Waals surface area contributed by atoms with E-state index in [4.69, 9.17) is 14.2 Å². The molecule has 1 aliphatic heterocycles. The van der Waals surface area contributed by atoms with Crippen LogP contribution in [-0.2, 0) is 13.2 Å². The summed E-state index contributed by atoms with van der Waals surface area (Å²) in [5.74, 6) is 2.37. The molecule has 5 aromatic rings. The molecule has 2 aliphatic rings. The standard InChI is InChI=1S/C30H26N4O3/c1-18(28-32-30(35)37-33-28)27-22-14-13-19(15-21(22)17-36-26-12-5-2-9-23(26)27)16-34-25-11-4-3-10-24(25)31-29(34)20-7-6-8-20/h2-5,9-15,20H,6-8,16-17H2,1H3,(H,32,33,35)/b27-18+. The number of fused-ring (bicyclic) bond motifs is 3. The summed E-state index contributed by atoms with van der Waals surface area (Å²) in [5.41, 5.74) is 8.34. The van der Waals surface area contributed by atoms with E-state index in [9.17, 15) is 4.79 Å². The molecular formula is C30H26N4O3. The van der Waals surface area contributed by atoms with E-state index < -0.39 is 5.76 Å². The fourth-order valence-corrected chi connectivity index (χ4v) is 5.54. The minimum Gasteiger partial charge on any atom is -0.488 e. The van der Waals surface area contributed by atoms with Gasteiger partial charge in [0.1, 0.15) is 18.2 Å². The third-order valence-corrected chi connectivity index (χ3v) is 7.64. The van der Waals surface area contributed by atoms with Crippen LogP contribution in [0, 0.1) is 0 Å². The summed E-state index contributed by atoms with van der Waals surface area (Å²) in [7, 11) is 0. The van der Waals surface area contributed by atoms with Gasteiger partial charge >= 0.3 is 5.76 Å². The molecule has 184 valence electrons. The van der Waals surface area contributed by atoms with Crippen LogP contribution in [0.1, 0.15) is 66.0 Å². The lowest BCUT2D eigenvalue weighted by molar-refractivity contribution is 0.307. The number of nitrogens with one attached hydrogen (secondary N) is 1. The second kappa shape index (κ2) is 8.62. The first-order valence-corrected chi connectivity index (χ1v) is 12.7. The maximum absolute atomic E-state index is 11.7. The molecule has 3 heterocycles. The highest BCUT2D eigenvalue weighted by molar-refractivity contribution is 5.99. The Morgan fingerprint density at radius 2 is 1.89 bits per heavy atom. The molecule has 0 saturated heterocycles. The zero-order valence-corrected chi connectivity index (χ0v) is 20.5. The van der Waals surface area contributed by atoms with Crippen molar-refractivity contribution in [3.8, 4) is 5.75 Å². The molecule has 7 heteroatoms. The number of benzene rings is 3. The number of imidazole rings is 1. The van der Waals surface area contributed by atoms with Gasteiger partial charge < -0.3 is 9.30 Å². The molecule has 0 bridgehead atoms. The average molecular weight is 491 g/mol. The molecule has 0 unspecified atom stereocenters. The van der Waals surface area contributed by atoms with E-state index in [2.05, 4.69) is 57.2 Å². The van der Waals surface area contributed by atoms with Crippen molar-refractivity contribution in [2.45, 2.75) is 45.3 Å². The molecule has 37 heavy (non-hydrogen) atoms. The molecule has 0 amide bonds. The molecule has 3 aromatic carbocycles. The van der Waals surface area contributed by atoms with Gasteiger partial charge in [0.25, 0.3) is 0 Å². The Bertz CT molecular complexity index is 1740. The van der Waals surface area contributed by atoms with Crippen LogP contribution in [-0.4, -0.2) is 19.7 Å². The molecule has 0 atom stereocenters. The largest absolute Gasteiger partial charge is 0.488 e. The first-order valence-electron chi connectivity index (χ1n) is 12.7. The highest BCUT2D eigenvalue weighted by atomic mass is 16.5. The number of aromatic nitrogens is 4. The molecule has 1 N–H and O–H groups in total. The average Bonchev–Trinajstić information content (AvgIpc) is 3.42. The van der Waals surface area contributed by atoms with Gasteiger partial charge in [0.2, 0.25) is 0 Å². The number of rotatable bonds is 4. The van der Waals surface area contributed by atoms with Gasteiger partial charge in [-0.3, -0.25) is 9.51 Å². The predicted molar refractivity (Wildman–Crippen MR) is 141 cm³/mol. The van der Waals surface area contributed by atoms with Crippen molar-refractivity contribution < 1.29 is 9.26 Å². The summed E-state index contributed by atoms with van der Waals surface area (Å²) in [5, 5.41) is 3.95. The highest BCUT2D eigenvalue weighted by Crippen LogP contribution is 2.41. The molecule has 7 rings (SSSR count). The van der Waals surface area contributed by atoms with Gasteiger partial charge in [0, 0.05) is 23.6 Å². The fourth-order valence-electron chi connectivity index (χ4n) is 5.54. The summed E-state index contributed by atoms with van der Waals surface area (Å²) >= 11 is 0. The Hall–Kier alpha value is -4.39. The van der Waals surface area contributed by atoms with E-state index in [1.807, 2.05) is 31.2 Å². The zero-order valence-electron chi connectivity index (χ0n) is 20.5. The van der Waals surface area contributed by atoms with Gasteiger partial charge in [-0.05, 0) is 66.3 Å². The fraction of sp³-hybridized carbons (Fsp3) is 0.233. The number of ether oxygens (including phenoxy) is 1. The zero-order chi connectivity index (χ0) is 24.9. The number of aromatic amines is 1. The SMILES string of the molecule is C/C(=C1/c2ccc(Cn3c(C4CCC4)nc4ccccc43)cc2COc2ccccc21)c1noc(=O)[nH]1. The molecule has 7 nitrogen and oxygen atoms in total. The van der Waals surface area contributed by atoms with Crippen molar-refractivity contribution >= 4 is 22.2 Å². The van der Waals surface area contributed by atoms with Crippen molar-refractivity contribution in [1.29, 1.82) is 0 Å². The minimum absolute atomic E-state index is 0.418. The van der Waals surface area contributed by atoms with Crippen LogP contribution in [0.15, 0.2) is 76.0 Å². The Morgan fingerprint density at radius 1 is 1.05 bits per heavy atom. The molecule has 1 fully saturated rings. The summed E-state index contributed by atoms with van der Waals surface area (Å²) in [4.78, 5) is 19.4.